The lowest BCUT2D eigenvalue weighted by atomic mass is 9.94. The maximum absolute atomic E-state index is 13.0. The van der Waals surface area contributed by atoms with E-state index >= 15 is 0 Å². The zero-order valence-electron chi connectivity index (χ0n) is 16.0. The number of carbonyl (C=O) groups is 2. The smallest absolute Gasteiger partial charge is 0.254 e. The van der Waals surface area contributed by atoms with Crippen LogP contribution < -0.4 is 10.6 Å². The molecule has 2 saturated heterocycles. The topological polar surface area (TPSA) is 61.4 Å². The molecule has 2 aromatic rings. The number of carbonyl (C=O) groups excluding carboxylic acids is 2. The summed E-state index contributed by atoms with van der Waals surface area (Å²) in [4.78, 5) is 27.3. The molecule has 2 aromatic carbocycles. The number of benzene rings is 2. The molecule has 0 bridgehead atoms. The number of rotatable bonds is 4. The number of hydrogen-bond acceptors (Lipinski definition) is 3. The minimum Gasteiger partial charge on any atom is -0.354 e. The monoisotopic (exact) mass is 401 g/mol. The van der Waals surface area contributed by atoms with Crippen molar-refractivity contribution in [1.82, 2.24) is 15.5 Å². The number of piperidine rings is 1. The van der Waals surface area contributed by atoms with E-state index in [9.17, 15) is 9.59 Å². The van der Waals surface area contributed by atoms with Crippen LogP contribution in [0.5, 0.6) is 0 Å². The Morgan fingerprint density at radius 1 is 1.04 bits per heavy atom. The zero-order valence-corrected chi connectivity index (χ0v) is 16.8. The third-order valence-corrected chi connectivity index (χ3v) is 5.86. The molecule has 0 radical (unpaired) electrons. The normalized spacial score (nSPS) is 20.0. The quantitative estimate of drug-likeness (QED) is 0.827. The van der Waals surface area contributed by atoms with Crippen LogP contribution in [-0.4, -0.2) is 48.9 Å². The van der Waals surface area contributed by atoms with Gasteiger partial charge in [0.05, 0.1) is 0 Å². The van der Waals surface area contributed by atoms with Crippen molar-refractivity contribution >= 4 is 35.0 Å². The standard InChI is InChI=1S/C22H27N3O2.ClH/c26-21(24-15-18-7-4-12-23-18)17-10-13-25(14-11-17)22(27)20-9-3-6-16-5-1-2-8-19(16)20;/h1-3,5-6,8-9,17-18,23H,4,7,10-15H2,(H,24,26);1H. The molecule has 4 rings (SSSR count). The Bertz CT molecular complexity index is 822. The third-order valence-electron chi connectivity index (χ3n) is 5.86. The van der Waals surface area contributed by atoms with E-state index in [-0.39, 0.29) is 30.1 Å². The number of hydrogen-bond donors (Lipinski definition) is 2. The zero-order chi connectivity index (χ0) is 18.6. The van der Waals surface area contributed by atoms with Crippen molar-refractivity contribution in [1.29, 1.82) is 0 Å². The summed E-state index contributed by atoms with van der Waals surface area (Å²) in [7, 11) is 0. The van der Waals surface area contributed by atoms with Crippen molar-refractivity contribution < 1.29 is 9.59 Å². The Hall–Kier alpha value is -2.11. The van der Waals surface area contributed by atoms with Crippen molar-refractivity contribution in [3.05, 3.63) is 48.0 Å². The highest BCUT2D eigenvalue weighted by molar-refractivity contribution is 6.07. The van der Waals surface area contributed by atoms with E-state index in [1.807, 2.05) is 47.4 Å². The predicted molar refractivity (Wildman–Crippen MR) is 114 cm³/mol. The molecule has 0 aromatic heterocycles. The molecule has 0 aliphatic carbocycles. The molecular weight excluding hydrogens is 374 g/mol. The van der Waals surface area contributed by atoms with Crippen molar-refractivity contribution in [2.45, 2.75) is 31.7 Å². The summed E-state index contributed by atoms with van der Waals surface area (Å²) >= 11 is 0. The molecule has 2 aliphatic heterocycles. The highest BCUT2D eigenvalue weighted by Crippen LogP contribution is 2.23. The first-order valence-electron chi connectivity index (χ1n) is 10.0. The van der Waals surface area contributed by atoms with Crippen LogP contribution in [0.25, 0.3) is 10.8 Å². The molecule has 28 heavy (non-hydrogen) atoms. The van der Waals surface area contributed by atoms with Crippen molar-refractivity contribution in [2.75, 3.05) is 26.2 Å². The van der Waals surface area contributed by atoms with Gasteiger partial charge in [-0.25, -0.2) is 0 Å². The van der Waals surface area contributed by atoms with Crippen LogP contribution in [-0.2, 0) is 4.79 Å². The Balaban J connectivity index is 0.00000225. The van der Waals surface area contributed by atoms with Gasteiger partial charge in [-0.2, -0.15) is 0 Å². The molecular formula is C22H28ClN3O2. The Morgan fingerprint density at radius 3 is 2.54 bits per heavy atom. The van der Waals surface area contributed by atoms with Crippen LogP contribution in [0.15, 0.2) is 42.5 Å². The van der Waals surface area contributed by atoms with E-state index in [0.717, 1.165) is 42.1 Å². The Kier molecular flexibility index (Phi) is 6.92. The van der Waals surface area contributed by atoms with E-state index in [0.29, 0.717) is 25.7 Å². The number of nitrogens with one attached hydrogen (secondary N) is 2. The first kappa shape index (κ1) is 20.6. The van der Waals surface area contributed by atoms with Gasteiger partial charge in [0.2, 0.25) is 5.91 Å². The summed E-state index contributed by atoms with van der Waals surface area (Å²) in [6.07, 6.45) is 3.80. The van der Waals surface area contributed by atoms with Gasteiger partial charge in [-0.05, 0) is 49.1 Å². The minimum atomic E-state index is 0. The Labute approximate surface area is 172 Å². The van der Waals surface area contributed by atoms with E-state index in [2.05, 4.69) is 10.6 Å². The van der Waals surface area contributed by atoms with Gasteiger partial charge in [0, 0.05) is 37.2 Å². The first-order chi connectivity index (χ1) is 13.2. The average Bonchev–Trinajstić information content (AvgIpc) is 3.25. The van der Waals surface area contributed by atoms with Gasteiger partial charge in [0.15, 0.2) is 0 Å². The molecule has 2 amide bonds. The average molecular weight is 402 g/mol. The van der Waals surface area contributed by atoms with Gasteiger partial charge in [-0.15, -0.1) is 12.4 Å². The Morgan fingerprint density at radius 2 is 1.79 bits per heavy atom. The molecule has 0 spiro atoms. The summed E-state index contributed by atoms with van der Waals surface area (Å²) in [5, 5.41) is 8.57. The fraction of sp³-hybridized carbons (Fsp3) is 0.455. The summed E-state index contributed by atoms with van der Waals surface area (Å²) in [5.41, 5.74) is 0.753. The van der Waals surface area contributed by atoms with Gasteiger partial charge >= 0.3 is 0 Å². The summed E-state index contributed by atoms with van der Waals surface area (Å²) in [6.45, 7) is 3.05. The van der Waals surface area contributed by atoms with E-state index in [1.165, 1.54) is 6.42 Å². The number of amides is 2. The first-order valence-corrected chi connectivity index (χ1v) is 10.0. The summed E-state index contributed by atoms with van der Waals surface area (Å²) < 4.78 is 0. The number of fused-ring (bicyclic) bond motifs is 1. The molecule has 2 fully saturated rings. The molecule has 6 heteroatoms. The van der Waals surface area contributed by atoms with Crippen molar-refractivity contribution in [2.24, 2.45) is 5.92 Å². The fourth-order valence-corrected chi connectivity index (χ4v) is 4.23. The second-order valence-electron chi connectivity index (χ2n) is 7.63. The lowest BCUT2D eigenvalue weighted by Crippen LogP contribution is -2.45. The summed E-state index contributed by atoms with van der Waals surface area (Å²) in [6, 6.07) is 14.3. The van der Waals surface area contributed by atoms with E-state index in [1.54, 1.807) is 0 Å². The minimum absolute atomic E-state index is 0. The largest absolute Gasteiger partial charge is 0.354 e. The highest BCUT2D eigenvalue weighted by Gasteiger charge is 2.28. The molecule has 0 saturated carbocycles. The van der Waals surface area contributed by atoms with E-state index in [4.69, 9.17) is 0 Å². The second kappa shape index (κ2) is 9.39. The maximum atomic E-state index is 13.0. The second-order valence-corrected chi connectivity index (χ2v) is 7.63. The van der Waals surface area contributed by atoms with Crippen LogP contribution in [0.4, 0.5) is 0 Å². The van der Waals surface area contributed by atoms with Gasteiger partial charge in [0.25, 0.3) is 5.91 Å². The van der Waals surface area contributed by atoms with Crippen molar-refractivity contribution in [3.63, 3.8) is 0 Å². The van der Waals surface area contributed by atoms with Gasteiger partial charge in [-0.3, -0.25) is 9.59 Å². The number of nitrogens with zero attached hydrogens (tertiary/aromatic N) is 1. The van der Waals surface area contributed by atoms with Crippen LogP contribution in [0.2, 0.25) is 0 Å². The lowest BCUT2D eigenvalue weighted by Gasteiger charge is -2.32. The SMILES string of the molecule is Cl.O=C(NCC1CCCN1)C1CCN(C(=O)c2cccc3ccccc23)CC1. The molecule has 2 heterocycles. The molecule has 1 atom stereocenters. The predicted octanol–water partition coefficient (Wildman–Crippen LogP) is 2.98. The fourth-order valence-electron chi connectivity index (χ4n) is 4.23. The van der Waals surface area contributed by atoms with Gasteiger partial charge in [-0.1, -0.05) is 36.4 Å². The van der Waals surface area contributed by atoms with Crippen LogP contribution in [0, 0.1) is 5.92 Å². The third kappa shape index (κ3) is 4.47. The van der Waals surface area contributed by atoms with Crippen molar-refractivity contribution in [3.8, 4) is 0 Å². The number of likely N-dealkylation sites (tertiary alicyclic amines) is 1. The lowest BCUT2D eigenvalue weighted by molar-refractivity contribution is -0.126. The molecule has 5 nitrogen and oxygen atoms in total. The molecule has 2 aliphatic rings. The van der Waals surface area contributed by atoms with Crippen LogP contribution >= 0.6 is 12.4 Å². The van der Waals surface area contributed by atoms with Crippen LogP contribution in [0.3, 0.4) is 0 Å². The summed E-state index contributed by atoms with van der Waals surface area (Å²) in [5.74, 6) is 0.227. The number of halogens is 1. The van der Waals surface area contributed by atoms with E-state index < -0.39 is 0 Å². The van der Waals surface area contributed by atoms with Gasteiger partial charge in [0.1, 0.15) is 0 Å². The molecule has 2 N–H and O–H groups in total. The highest BCUT2D eigenvalue weighted by atomic mass is 35.5. The van der Waals surface area contributed by atoms with Gasteiger partial charge < -0.3 is 15.5 Å². The van der Waals surface area contributed by atoms with Crippen LogP contribution in [0.1, 0.15) is 36.0 Å². The molecule has 1 unspecified atom stereocenters. The maximum Gasteiger partial charge on any atom is 0.254 e. The molecule has 150 valence electrons.